The van der Waals surface area contributed by atoms with Crippen LogP contribution >= 0.6 is 0 Å². The average Bonchev–Trinajstić information content (AvgIpc) is 2.49. The van der Waals surface area contributed by atoms with Gasteiger partial charge in [-0.15, -0.1) is 0 Å². The number of hydrogen-bond donors (Lipinski definition) is 1. The van der Waals surface area contributed by atoms with E-state index in [0.29, 0.717) is 17.2 Å². The molecule has 1 aliphatic heterocycles. The highest BCUT2D eigenvalue weighted by atomic mass is 16.5. The van der Waals surface area contributed by atoms with Crippen molar-refractivity contribution < 1.29 is 19.1 Å². The summed E-state index contributed by atoms with van der Waals surface area (Å²) in [5.41, 5.74) is 0.555. The zero-order valence-electron chi connectivity index (χ0n) is 12.5. The maximum absolute atomic E-state index is 12.3. The van der Waals surface area contributed by atoms with Crippen molar-refractivity contribution in [3.63, 3.8) is 0 Å². The molecule has 7 heteroatoms. The first kappa shape index (κ1) is 15.1. The summed E-state index contributed by atoms with van der Waals surface area (Å²) in [5.74, 6) is 0.688. The second kappa shape index (κ2) is 5.99. The van der Waals surface area contributed by atoms with E-state index >= 15 is 0 Å². The molecule has 1 saturated heterocycles. The van der Waals surface area contributed by atoms with Gasteiger partial charge in [0, 0.05) is 12.3 Å². The number of ether oxygens (including phenoxy) is 2. The highest BCUT2D eigenvalue weighted by Crippen LogP contribution is 2.30. The molecule has 1 aromatic rings. The van der Waals surface area contributed by atoms with Gasteiger partial charge in [-0.2, -0.15) is 0 Å². The molecule has 0 bridgehead atoms. The summed E-state index contributed by atoms with van der Waals surface area (Å²) in [6.07, 6.45) is 1.58. The summed E-state index contributed by atoms with van der Waals surface area (Å²) in [5, 5.41) is 2.64. The Kier molecular flexibility index (Phi) is 4.30. The number of carbonyl (C=O) groups is 2. The van der Waals surface area contributed by atoms with Crippen LogP contribution in [0.2, 0.25) is 0 Å². The van der Waals surface area contributed by atoms with Gasteiger partial charge in [-0.1, -0.05) is 0 Å². The Hall–Kier alpha value is -2.31. The molecular formula is C14H19N3O4. The van der Waals surface area contributed by atoms with Crippen LogP contribution in [0.3, 0.4) is 0 Å². The fraction of sp³-hybridized carbons (Fsp3) is 0.500. The molecule has 1 aromatic heterocycles. The first-order chi connectivity index (χ1) is 9.99. The van der Waals surface area contributed by atoms with Crippen LogP contribution in [0.25, 0.3) is 0 Å². The summed E-state index contributed by atoms with van der Waals surface area (Å²) in [6, 6.07) is 0.593. The SMILES string of the molecule is COc1ccnc(CN2C(=O)C(C)NC(=O)C2C)c1OC. The molecule has 0 spiro atoms. The van der Waals surface area contributed by atoms with Gasteiger partial charge in [0.2, 0.25) is 11.8 Å². The lowest BCUT2D eigenvalue weighted by Gasteiger charge is -2.36. The number of rotatable bonds is 4. The lowest BCUT2D eigenvalue weighted by atomic mass is 10.1. The molecule has 1 fully saturated rings. The number of amides is 2. The topological polar surface area (TPSA) is 80.8 Å². The number of piperazine rings is 1. The standard InChI is InChI=1S/C14H19N3O4/c1-8-14(19)17(9(2)13(18)16-8)7-10-12(21-4)11(20-3)5-6-15-10/h5-6,8-9H,7H2,1-4H3,(H,16,18). The molecule has 0 radical (unpaired) electrons. The van der Waals surface area contributed by atoms with E-state index in [4.69, 9.17) is 9.47 Å². The van der Waals surface area contributed by atoms with E-state index in [1.165, 1.54) is 19.1 Å². The van der Waals surface area contributed by atoms with Gasteiger partial charge in [-0.25, -0.2) is 0 Å². The average molecular weight is 293 g/mol. The van der Waals surface area contributed by atoms with E-state index in [-0.39, 0.29) is 18.4 Å². The predicted molar refractivity (Wildman–Crippen MR) is 75.0 cm³/mol. The number of methoxy groups -OCH3 is 2. The number of hydrogen-bond acceptors (Lipinski definition) is 5. The van der Waals surface area contributed by atoms with Crippen LogP contribution in [0.1, 0.15) is 19.5 Å². The summed E-state index contributed by atoms with van der Waals surface area (Å²) in [4.78, 5) is 29.8. The molecular weight excluding hydrogens is 274 g/mol. The summed E-state index contributed by atoms with van der Waals surface area (Å²) < 4.78 is 10.5. The van der Waals surface area contributed by atoms with Gasteiger partial charge in [0.05, 0.1) is 20.8 Å². The quantitative estimate of drug-likeness (QED) is 0.865. The predicted octanol–water partition coefficient (Wildman–Crippen LogP) is 0.334. The molecule has 2 unspecified atom stereocenters. The Morgan fingerprint density at radius 1 is 1.29 bits per heavy atom. The number of aromatic nitrogens is 1. The highest BCUT2D eigenvalue weighted by Gasteiger charge is 2.36. The van der Waals surface area contributed by atoms with E-state index in [2.05, 4.69) is 10.3 Å². The Labute approximate surface area is 123 Å². The fourth-order valence-corrected chi connectivity index (χ4v) is 2.32. The van der Waals surface area contributed by atoms with Crippen LogP contribution in [0.4, 0.5) is 0 Å². The van der Waals surface area contributed by atoms with E-state index < -0.39 is 12.1 Å². The van der Waals surface area contributed by atoms with E-state index in [1.54, 1.807) is 26.1 Å². The molecule has 2 heterocycles. The lowest BCUT2D eigenvalue weighted by molar-refractivity contribution is -0.148. The Bertz CT molecular complexity index is 561. The van der Waals surface area contributed by atoms with Crippen LogP contribution < -0.4 is 14.8 Å². The third-order valence-corrected chi connectivity index (χ3v) is 3.55. The molecule has 2 atom stereocenters. The molecule has 114 valence electrons. The van der Waals surface area contributed by atoms with E-state index in [0.717, 1.165) is 0 Å². The first-order valence-corrected chi connectivity index (χ1v) is 6.66. The fourth-order valence-electron chi connectivity index (χ4n) is 2.32. The van der Waals surface area contributed by atoms with Gasteiger partial charge >= 0.3 is 0 Å². The van der Waals surface area contributed by atoms with Gasteiger partial charge in [-0.05, 0) is 13.8 Å². The number of nitrogens with zero attached hydrogens (tertiary/aromatic N) is 2. The van der Waals surface area contributed by atoms with Crippen LogP contribution in [0.15, 0.2) is 12.3 Å². The van der Waals surface area contributed by atoms with Crippen LogP contribution in [0, 0.1) is 0 Å². The largest absolute Gasteiger partial charge is 0.493 e. The van der Waals surface area contributed by atoms with E-state index in [1.807, 2.05) is 0 Å². The molecule has 0 aromatic carbocycles. The molecule has 2 rings (SSSR count). The number of pyridine rings is 1. The van der Waals surface area contributed by atoms with Crippen LogP contribution in [-0.4, -0.2) is 48.0 Å². The van der Waals surface area contributed by atoms with Crippen molar-refractivity contribution >= 4 is 11.8 Å². The number of carbonyl (C=O) groups excluding carboxylic acids is 2. The monoisotopic (exact) mass is 293 g/mol. The van der Waals surface area contributed by atoms with Crippen molar-refractivity contribution in [3.8, 4) is 11.5 Å². The third-order valence-electron chi connectivity index (χ3n) is 3.55. The van der Waals surface area contributed by atoms with Gasteiger partial charge < -0.3 is 19.7 Å². The molecule has 2 amide bonds. The molecule has 21 heavy (non-hydrogen) atoms. The Morgan fingerprint density at radius 2 is 2.00 bits per heavy atom. The molecule has 7 nitrogen and oxygen atoms in total. The maximum Gasteiger partial charge on any atom is 0.245 e. The van der Waals surface area contributed by atoms with Crippen molar-refractivity contribution in [1.29, 1.82) is 0 Å². The van der Waals surface area contributed by atoms with Gasteiger partial charge in [0.1, 0.15) is 17.8 Å². The van der Waals surface area contributed by atoms with Crippen molar-refractivity contribution in [2.45, 2.75) is 32.5 Å². The number of nitrogens with one attached hydrogen (secondary N) is 1. The first-order valence-electron chi connectivity index (χ1n) is 6.66. The summed E-state index contributed by atoms with van der Waals surface area (Å²) in [6.45, 7) is 3.54. The van der Waals surface area contributed by atoms with Gasteiger partial charge in [0.15, 0.2) is 11.5 Å². The van der Waals surface area contributed by atoms with Crippen molar-refractivity contribution in [1.82, 2.24) is 15.2 Å². The maximum atomic E-state index is 12.3. The van der Waals surface area contributed by atoms with Crippen LogP contribution in [-0.2, 0) is 16.1 Å². The lowest BCUT2D eigenvalue weighted by Crippen LogP contribution is -2.61. The molecule has 0 saturated carbocycles. The zero-order valence-corrected chi connectivity index (χ0v) is 12.5. The van der Waals surface area contributed by atoms with Crippen molar-refractivity contribution in [2.24, 2.45) is 0 Å². The van der Waals surface area contributed by atoms with Crippen molar-refractivity contribution in [2.75, 3.05) is 14.2 Å². The third kappa shape index (κ3) is 2.76. The molecule has 0 aliphatic carbocycles. The molecule has 1 aliphatic rings. The highest BCUT2D eigenvalue weighted by molar-refractivity contribution is 5.96. The van der Waals surface area contributed by atoms with Crippen LogP contribution in [0.5, 0.6) is 11.5 Å². The minimum atomic E-state index is -0.550. The molecule has 1 N–H and O–H groups in total. The van der Waals surface area contributed by atoms with Crippen molar-refractivity contribution in [3.05, 3.63) is 18.0 Å². The minimum absolute atomic E-state index is 0.145. The van der Waals surface area contributed by atoms with Gasteiger partial charge in [0.25, 0.3) is 0 Å². The summed E-state index contributed by atoms with van der Waals surface area (Å²) in [7, 11) is 3.05. The normalized spacial score (nSPS) is 22.0. The Balaban J connectivity index is 2.32. The second-order valence-electron chi connectivity index (χ2n) is 4.87. The minimum Gasteiger partial charge on any atom is -0.493 e. The van der Waals surface area contributed by atoms with Gasteiger partial charge in [-0.3, -0.25) is 14.6 Å². The van der Waals surface area contributed by atoms with E-state index in [9.17, 15) is 9.59 Å². The smallest absolute Gasteiger partial charge is 0.245 e. The second-order valence-corrected chi connectivity index (χ2v) is 4.87. The Morgan fingerprint density at radius 3 is 2.62 bits per heavy atom. The summed E-state index contributed by atoms with van der Waals surface area (Å²) >= 11 is 0. The zero-order chi connectivity index (χ0) is 15.6.